The first-order valence-corrected chi connectivity index (χ1v) is 3.19. The number of hydrogen-bond acceptors (Lipinski definition) is 3. The third-order valence-electron chi connectivity index (χ3n) is 0.940. The van der Waals surface area contributed by atoms with Gasteiger partial charge in [0.2, 0.25) is 0 Å². The number of aryl methyl sites for hydroxylation is 1. The molecule has 0 amide bonds. The highest BCUT2D eigenvalue weighted by Crippen LogP contribution is 1.92. The van der Waals surface area contributed by atoms with Crippen molar-refractivity contribution < 1.29 is 15.1 Å². The standard InChI is InChI=1S/C7H8.BH3O3/c1-7-5-3-2-4-6-7;2-1(3)4/h2-6H,1H3;2-4H. The Kier molecular flexibility index (Phi) is 5.46. The van der Waals surface area contributed by atoms with Crippen LogP contribution < -0.4 is 0 Å². The van der Waals surface area contributed by atoms with Gasteiger partial charge in [-0.1, -0.05) is 35.9 Å². The molecule has 1 rings (SSSR count). The monoisotopic (exact) mass is 154 g/mol. The van der Waals surface area contributed by atoms with E-state index in [4.69, 9.17) is 15.1 Å². The molecule has 0 bridgehead atoms. The molecule has 0 spiro atoms. The molecule has 0 fully saturated rings. The average molecular weight is 154 g/mol. The normalized spacial score (nSPS) is 8.00. The first kappa shape index (κ1) is 10.2. The summed E-state index contributed by atoms with van der Waals surface area (Å²) in [4.78, 5) is 0. The molecule has 0 heterocycles. The first-order valence-electron chi connectivity index (χ1n) is 3.19. The topological polar surface area (TPSA) is 60.7 Å². The van der Waals surface area contributed by atoms with E-state index in [0.717, 1.165) is 0 Å². The van der Waals surface area contributed by atoms with E-state index in [1.165, 1.54) is 5.56 Å². The average Bonchev–Trinajstić information content (AvgIpc) is 1.87. The molecule has 0 atom stereocenters. The molecule has 0 aliphatic rings. The van der Waals surface area contributed by atoms with Gasteiger partial charge in [-0.2, -0.15) is 0 Å². The Morgan fingerprint density at radius 3 is 1.55 bits per heavy atom. The molecule has 11 heavy (non-hydrogen) atoms. The lowest BCUT2D eigenvalue weighted by Gasteiger charge is -1.82. The van der Waals surface area contributed by atoms with E-state index >= 15 is 0 Å². The van der Waals surface area contributed by atoms with Gasteiger partial charge in [-0.25, -0.2) is 0 Å². The van der Waals surface area contributed by atoms with Crippen LogP contribution in [0, 0.1) is 6.92 Å². The van der Waals surface area contributed by atoms with Gasteiger partial charge in [0.1, 0.15) is 0 Å². The van der Waals surface area contributed by atoms with Crippen molar-refractivity contribution in [1.29, 1.82) is 0 Å². The van der Waals surface area contributed by atoms with E-state index in [1.54, 1.807) is 0 Å². The van der Waals surface area contributed by atoms with Gasteiger partial charge < -0.3 is 15.1 Å². The van der Waals surface area contributed by atoms with Crippen LogP contribution >= 0.6 is 0 Å². The Bertz CT molecular complexity index is 174. The molecule has 60 valence electrons. The highest BCUT2D eigenvalue weighted by atomic mass is 16.5. The fourth-order valence-corrected chi connectivity index (χ4v) is 0.534. The first-order chi connectivity index (χ1) is 5.13. The molecule has 0 radical (unpaired) electrons. The van der Waals surface area contributed by atoms with Gasteiger partial charge in [0.25, 0.3) is 0 Å². The maximum Gasteiger partial charge on any atom is 0.631 e. The number of benzene rings is 1. The van der Waals surface area contributed by atoms with Crippen LogP contribution in [0.25, 0.3) is 0 Å². The second-order valence-electron chi connectivity index (χ2n) is 2.00. The van der Waals surface area contributed by atoms with Crippen LogP contribution in [-0.4, -0.2) is 22.4 Å². The van der Waals surface area contributed by atoms with Crippen molar-refractivity contribution in [2.24, 2.45) is 0 Å². The van der Waals surface area contributed by atoms with Crippen LogP contribution in [0.4, 0.5) is 0 Å². The Hall–Kier alpha value is -0.835. The summed E-state index contributed by atoms with van der Waals surface area (Å²) < 4.78 is 0. The SMILES string of the molecule is Cc1ccccc1.OB(O)O. The summed E-state index contributed by atoms with van der Waals surface area (Å²) in [6.45, 7) is 2.08. The molecule has 0 aliphatic heterocycles. The van der Waals surface area contributed by atoms with Crippen molar-refractivity contribution in [1.82, 2.24) is 0 Å². The van der Waals surface area contributed by atoms with Crippen molar-refractivity contribution in [3.8, 4) is 0 Å². The minimum Gasteiger partial charge on any atom is -0.402 e. The van der Waals surface area contributed by atoms with Gasteiger partial charge in [-0.15, -0.1) is 0 Å². The van der Waals surface area contributed by atoms with Gasteiger partial charge in [0.05, 0.1) is 0 Å². The van der Waals surface area contributed by atoms with Crippen LogP contribution in [0.15, 0.2) is 30.3 Å². The van der Waals surface area contributed by atoms with E-state index < -0.39 is 7.32 Å². The van der Waals surface area contributed by atoms with Gasteiger partial charge >= 0.3 is 7.32 Å². The number of hydrogen-bond donors (Lipinski definition) is 3. The van der Waals surface area contributed by atoms with Crippen molar-refractivity contribution >= 4 is 7.32 Å². The molecular formula is C7H11BO3. The van der Waals surface area contributed by atoms with E-state index in [-0.39, 0.29) is 0 Å². The van der Waals surface area contributed by atoms with Crippen molar-refractivity contribution in [3.63, 3.8) is 0 Å². The molecule has 1 aromatic carbocycles. The molecule has 3 nitrogen and oxygen atoms in total. The van der Waals surface area contributed by atoms with Crippen LogP contribution in [0.1, 0.15) is 5.56 Å². The Labute approximate surface area is 66.1 Å². The predicted octanol–water partition coefficient (Wildman–Crippen LogP) is -0.0568. The summed E-state index contributed by atoms with van der Waals surface area (Å²) in [7, 11) is -2.17. The quantitative estimate of drug-likeness (QED) is 0.459. The summed E-state index contributed by atoms with van der Waals surface area (Å²) in [6.07, 6.45) is 0. The highest BCUT2D eigenvalue weighted by Gasteiger charge is 1.92. The minimum absolute atomic E-state index is 1.32. The van der Waals surface area contributed by atoms with E-state index in [0.29, 0.717) is 0 Å². The summed E-state index contributed by atoms with van der Waals surface area (Å²) >= 11 is 0. The molecule has 0 saturated carbocycles. The largest absolute Gasteiger partial charge is 0.631 e. The molecule has 0 aliphatic carbocycles. The zero-order valence-corrected chi connectivity index (χ0v) is 6.31. The zero-order valence-electron chi connectivity index (χ0n) is 6.31. The second kappa shape index (κ2) is 5.91. The lowest BCUT2D eigenvalue weighted by Crippen LogP contribution is -2.07. The molecule has 0 unspecified atom stereocenters. The van der Waals surface area contributed by atoms with Crippen molar-refractivity contribution in [2.45, 2.75) is 6.92 Å². The fourth-order valence-electron chi connectivity index (χ4n) is 0.534. The molecule has 0 saturated heterocycles. The van der Waals surface area contributed by atoms with Crippen molar-refractivity contribution in [2.75, 3.05) is 0 Å². The Morgan fingerprint density at radius 1 is 1.00 bits per heavy atom. The maximum atomic E-state index is 7.17. The lowest BCUT2D eigenvalue weighted by atomic mass is 10.2. The number of rotatable bonds is 0. The minimum atomic E-state index is -2.17. The Balaban J connectivity index is 0.000000218. The summed E-state index contributed by atoms with van der Waals surface area (Å²) in [5, 5.41) is 21.5. The molecule has 1 aromatic rings. The van der Waals surface area contributed by atoms with E-state index in [2.05, 4.69) is 19.1 Å². The predicted molar refractivity (Wildman–Crippen MR) is 43.6 cm³/mol. The lowest BCUT2D eigenvalue weighted by molar-refractivity contribution is 0.278. The summed E-state index contributed by atoms with van der Waals surface area (Å²) in [5.41, 5.74) is 1.32. The molecule has 3 N–H and O–H groups in total. The van der Waals surface area contributed by atoms with Crippen LogP contribution in [0.2, 0.25) is 0 Å². The second-order valence-corrected chi connectivity index (χ2v) is 2.00. The highest BCUT2D eigenvalue weighted by molar-refractivity contribution is 6.30. The van der Waals surface area contributed by atoms with Gasteiger partial charge in [0, 0.05) is 0 Å². The molecule has 0 aromatic heterocycles. The van der Waals surface area contributed by atoms with Gasteiger partial charge in [-0.3, -0.25) is 0 Å². The van der Waals surface area contributed by atoms with Crippen LogP contribution in [-0.2, 0) is 0 Å². The fraction of sp³-hybridized carbons (Fsp3) is 0.143. The summed E-state index contributed by atoms with van der Waals surface area (Å²) in [6, 6.07) is 10.3. The van der Waals surface area contributed by atoms with E-state index in [9.17, 15) is 0 Å². The molecule has 4 heteroatoms. The van der Waals surface area contributed by atoms with E-state index in [1.807, 2.05) is 18.2 Å². The Morgan fingerprint density at radius 2 is 1.36 bits per heavy atom. The van der Waals surface area contributed by atoms with Crippen LogP contribution in [0.5, 0.6) is 0 Å². The zero-order chi connectivity index (χ0) is 8.69. The van der Waals surface area contributed by atoms with Gasteiger partial charge in [0.15, 0.2) is 0 Å². The third-order valence-corrected chi connectivity index (χ3v) is 0.940. The van der Waals surface area contributed by atoms with Crippen LogP contribution in [0.3, 0.4) is 0 Å². The third kappa shape index (κ3) is 9.16. The van der Waals surface area contributed by atoms with Crippen molar-refractivity contribution in [3.05, 3.63) is 35.9 Å². The maximum absolute atomic E-state index is 7.17. The summed E-state index contributed by atoms with van der Waals surface area (Å²) in [5.74, 6) is 0. The van der Waals surface area contributed by atoms with Gasteiger partial charge in [-0.05, 0) is 6.92 Å². The smallest absolute Gasteiger partial charge is 0.402 e. The molecular weight excluding hydrogens is 143 g/mol.